The Morgan fingerprint density at radius 3 is 2.97 bits per heavy atom. The number of aromatic nitrogens is 2. The first kappa shape index (κ1) is 20.3. The molecule has 1 aliphatic rings. The second-order valence-corrected chi connectivity index (χ2v) is 6.76. The van der Waals surface area contributed by atoms with E-state index in [0.29, 0.717) is 23.1 Å². The number of hydrogen-bond donors (Lipinski definition) is 3. The number of halogens is 1. The number of benzene rings is 1. The average Bonchev–Trinajstić information content (AvgIpc) is 3.54. The fourth-order valence-electron chi connectivity index (χ4n) is 2.27. The number of nitrogens with one attached hydrogen (secondary N) is 2. The number of hydrogen-bond acceptors (Lipinski definition) is 7. The summed E-state index contributed by atoms with van der Waals surface area (Å²) in [6, 6.07) is 6.81. The summed E-state index contributed by atoms with van der Waals surface area (Å²) in [4.78, 5) is 24.2. The van der Waals surface area contributed by atoms with Crippen LogP contribution in [0.5, 0.6) is 11.6 Å². The highest BCUT2D eigenvalue weighted by atomic mass is 35.5. The van der Waals surface area contributed by atoms with Gasteiger partial charge in [-0.3, -0.25) is 9.79 Å². The second-order valence-electron chi connectivity index (χ2n) is 6.35. The molecule has 3 rings (SSSR count). The van der Waals surface area contributed by atoms with E-state index in [4.69, 9.17) is 22.1 Å². The number of carbonyl (C=O) groups excluding carboxylic acids is 1. The molecule has 0 atom stereocenters. The predicted octanol–water partition coefficient (Wildman–Crippen LogP) is 3.74. The van der Waals surface area contributed by atoms with E-state index in [0.717, 1.165) is 6.54 Å². The molecule has 0 radical (unpaired) electrons. The summed E-state index contributed by atoms with van der Waals surface area (Å²) in [7, 11) is 0. The minimum Gasteiger partial charge on any atom is -0.437 e. The fourth-order valence-corrected chi connectivity index (χ4v) is 2.40. The van der Waals surface area contributed by atoms with Gasteiger partial charge in [-0.25, -0.2) is 4.98 Å². The smallest absolute Gasteiger partial charge is 0.247 e. The van der Waals surface area contributed by atoms with Crippen LogP contribution in [-0.4, -0.2) is 28.6 Å². The lowest BCUT2D eigenvalue weighted by molar-refractivity contribution is -0.111. The monoisotopic (exact) mass is 412 g/mol. The number of allylic oxidation sites excluding steroid dienone is 1. The van der Waals surface area contributed by atoms with E-state index in [9.17, 15) is 4.79 Å². The predicted molar refractivity (Wildman–Crippen MR) is 114 cm³/mol. The molecule has 1 saturated carbocycles. The Balaban J connectivity index is 1.70. The molecular formula is C20H21ClN6O2. The summed E-state index contributed by atoms with van der Waals surface area (Å²) in [6.45, 7) is 4.21. The first-order valence-corrected chi connectivity index (χ1v) is 9.38. The Hall–Kier alpha value is -3.39. The van der Waals surface area contributed by atoms with Crippen molar-refractivity contribution >= 4 is 35.4 Å². The van der Waals surface area contributed by atoms with Gasteiger partial charge in [0.05, 0.1) is 11.9 Å². The molecular weight excluding hydrogens is 392 g/mol. The summed E-state index contributed by atoms with van der Waals surface area (Å²) in [5, 5.41) is 5.87. The number of amides is 1. The minimum atomic E-state index is -0.321. The SMILES string of the molecule is C=CC(=O)Nc1cccc(Oc2nc(NC(C=NCC3CC3)=CN)ncc2Cl)c1. The van der Waals surface area contributed by atoms with Gasteiger partial charge in [0.2, 0.25) is 17.7 Å². The summed E-state index contributed by atoms with van der Waals surface area (Å²) >= 11 is 6.16. The maximum Gasteiger partial charge on any atom is 0.247 e. The van der Waals surface area contributed by atoms with E-state index in [2.05, 4.69) is 32.2 Å². The molecule has 1 aromatic heterocycles. The molecule has 1 aliphatic carbocycles. The van der Waals surface area contributed by atoms with Crippen LogP contribution in [0.2, 0.25) is 5.02 Å². The molecule has 4 N–H and O–H groups in total. The number of rotatable bonds is 9. The summed E-state index contributed by atoms with van der Waals surface area (Å²) in [5.41, 5.74) is 6.76. The Morgan fingerprint density at radius 2 is 2.24 bits per heavy atom. The summed E-state index contributed by atoms with van der Waals surface area (Å²) in [6.07, 6.45) is 8.11. The lowest BCUT2D eigenvalue weighted by Crippen LogP contribution is -2.08. The van der Waals surface area contributed by atoms with Gasteiger partial charge in [-0.2, -0.15) is 4.98 Å². The molecule has 2 aromatic rings. The Morgan fingerprint density at radius 1 is 1.41 bits per heavy atom. The highest BCUT2D eigenvalue weighted by Crippen LogP contribution is 2.30. The van der Waals surface area contributed by atoms with Gasteiger partial charge in [0.25, 0.3) is 0 Å². The number of aliphatic imine (C=N–C) groups is 1. The topological polar surface area (TPSA) is 115 Å². The molecule has 150 valence electrons. The maximum absolute atomic E-state index is 11.5. The first-order chi connectivity index (χ1) is 14.1. The molecule has 0 bridgehead atoms. The molecule has 0 spiro atoms. The van der Waals surface area contributed by atoms with Crippen molar-refractivity contribution in [3.63, 3.8) is 0 Å². The van der Waals surface area contributed by atoms with E-state index in [1.54, 1.807) is 30.5 Å². The van der Waals surface area contributed by atoms with Crippen LogP contribution >= 0.6 is 11.6 Å². The maximum atomic E-state index is 11.5. The van der Waals surface area contributed by atoms with Crippen molar-refractivity contribution < 1.29 is 9.53 Å². The fraction of sp³-hybridized carbons (Fsp3) is 0.200. The molecule has 9 heteroatoms. The van der Waals surface area contributed by atoms with Crippen molar-refractivity contribution in [1.82, 2.24) is 9.97 Å². The quantitative estimate of drug-likeness (QED) is 0.427. The lowest BCUT2D eigenvalue weighted by Gasteiger charge is -2.10. The highest BCUT2D eigenvalue weighted by molar-refractivity contribution is 6.31. The van der Waals surface area contributed by atoms with Crippen molar-refractivity contribution in [2.45, 2.75) is 12.8 Å². The molecule has 1 heterocycles. The van der Waals surface area contributed by atoms with E-state index in [-0.39, 0.29) is 22.8 Å². The molecule has 1 amide bonds. The second kappa shape index (κ2) is 9.70. The van der Waals surface area contributed by atoms with E-state index in [1.807, 2.05) is 0 Å². The Kier molecular flexibility index (Phi) is 6.80. The van der Waals surface area contributed by atoms with Gasteiger partial charge in [0.1, 0.15) is 10.8 Å². The molecule has 29 heavy (non-hydrogen) atoms. The third-order valence-electron chi connectivity index (χ3n) is 3.94. The van der Waals surface area contributed by atoms with E-state index < -0.39 is 0 Å². The van der Waals surface area contributed by atoms with Crippen LogP contribution in [0, 0.1) is 5.92 Å². The number of carbonyl (C=O) groups is 1. The van der Waals surface area contributed by atoms with Gasteiger partial charge in [0, 0.05) is 30.7 Å². The third-order valence-corrected chi connectivity index (χ3v) is 4.20. The van der Waals surface area contributed by atoms with Gasteiger partial charge in [-0.15, -0.1) is 0 Å². The first-order valence-electron chi connectivity index (χ1n) is 9.00. The Bertz CT molecular complexity index is 956. The molecule has 0 unspecified atom stereocenters. The number of anilines is 2. The molecule has 8 nitrogen and oxygen atoms in total. The number of nitrogens with zero attached hydrogens (tertiary/aromatic N) is 3. The summed E-state index contributed by atoms with van der Waals surface area (Å²) in [5.74, 6) is 1.22. The zero-order valence-corrected chi connectivity index (χ0v) is 16.4. The van der Waals surface area contributed by atoms with Crippen molar-refractivity contribution in [3.05, 3.63) is 60.0 Å². The Labute approximate surface area is 173 Å². The van der Waals surface area contributed by atoms with Crippen molar-refractivity contribution in [1.29, 1.82) is 0 Å². The van der Waals surface area contributed by atoms with Crippen LogP contribution in [-0.2, 0) is 4.79 Å². The number of nitrogens with two attached hydrogens (primary N) is 1. The average molecular weight is 413 g/mol. The van der Waals surface area contributed by atoms with Gasteiger partial charge in [0.15, 0.2) is 0 Å². The van der Waals surface area contributed by atoms with Crippen LogP contribution in [0.1, 0.15) is 12.8 Å². The van der Waals surface area contributed by atoms with Crippen molar-refractivity contribution in [3.8, 4) is 11.6 Å². The van der Waals surface area contributed by atoms with E-state index >= 15 is 0 Å². The van der Waals surface area contributed by atoms with Gasteiger partial charge >= 0.3 is 0 Å². The van der Waals surface area contributed by atoms with E-state index in [1.165, 1.54) is 31.3 Å². The van der Waals surface area contributed by atoms with Crippen LogP contribution in [0.3, 0.4) is 0 Å². The lowest BCUT2D eigenvalue weighted by atomic mass is 10.3. The zero-order valence-electron chi connectivity index (χ0n) is 15.6. The van der Waals surface area contributed by atoms with Crippen LogP contribution in [0.25, 0.3) is 0 Å². The standard InChI is InChI=1S/C20H21ClN6O2/c1-2-18(28)25-14-4-3-5-16(8-14)29-19-17(21)12-24-20(27-19)26-15(9-22)11-23-10-13-6-7-13/h2-5,8-9,11-13H,1,6-7,10,22H2,(H,25,28)(H,24,26,27). The molecule has 0 aliphatic heterocycles. The van der Waals surface area contributed by atoms with Crippen molar-refractivity contribution in [2.75, 3.05) is 17.2 Å². The third kappa shape index (κ3) is 6.32. The highest BCUT2D eigenvalue weighted by Gasteiger charge is 2.19. The molecule has 0 saturated heterocycles. The zero-order chi connectivity index (χ0) is 20.6. The van der Waals surface area contributed by atoms with Crippen LogP contribution in [0.15, 0.2) is 60.0 Å². The summed E-state index contributed by atoms with van der Waals surface area (Å²) < 4.78 is 5.76. The van der Waals surface area contributed by atoms with Gasteiger partial charge in [-0.1, -0.05) is 24.2 Å². The van der Waals surface area contributed by atoms with Crippen LogP contribution in [0.4, 0.5) is 11.6 Å². The molecule has 1 aromatic carbocycles. The van der Waals surface area contributed by atoms with Gasteiger partial charge < -0.3 is 21.1 Å². The minimum absolute atomic E-state index is 0.155. The normalized spacial score (nSPS) is 13.9. The van der Waals surface area contributed by atoms with Gasteiger partial charge in [-0.05, 0) is 37.0 Å². The van der Waals surface area contributed by atoms with Crippen LogP contribution < -0.4 is 21.1 Å². The van der Waals surface area contributed by atoms with Crippen molar-refractivity contribution in [2.24, 2.45) is 16.6 Å². The largest absolute Gasteiger partial charge is 0.437 e. The molecule has 1 fully saturated rings. The number of ether oxygens (including phenoxy) is 1.